The zero-order chi connectivity index (χ0) is 33.7. The molecule has 238 valence electrons. The maximum Gasteiger partial charge on any atom is 0.160 e. The Kier molecular flexibility index (Phi) is 6.81. The second-order valence-corrected chi connectivity index (χ2v) is 13.0. The number of nitrogens with zero attached hydrogens (tertiary/aromatic N) is 2. The van der Waals surface area contributed by atoms with Crippen molar-refractivity contribution in [3.8, 4) is 56.2 Å². The number of rotatable bonds is 5. The van der Waals surface area contributed by atoms with Crippen LogP contribution >= 0.6 is 0 Å². The van der Waals surface area contributed by atoms with Crippen LogP contribution in [0.25, 0.3) is 99.6 Å². The molecule has 0 unspecified atom stereocenters. The summed E-state index contributed by atoms with van der Waals surface area (Å²) >= 11 is 0. The summed E-state index contributed by atoms with van der Waals surface area (Å²) < 4.78 is 6.56. The molecule has 0 radical (unpaired) electrons. The molecule has 0 saturated carbocycles. The number of hydrogen-bond acceptors (Lipinski definition) is 3. The van der Waals surface area contributed by atoms with Crippen LogP contribution in [0.15, 0.2) is 186 Å². The van der Waals surface area contributed by atoms with Crippen molar-refractivity contribution in [2.75, 3.05) is 0 Å². The Hall–Kier alpha value is -6.84. The molecule has 51 heavy (non-hydrogen) atoms. The maximum absolute atomic E-state index is 6.56. The van der Waals surface area contributed by atoms with Crippen LogP contribution in [0.1, 0.15) is 0 Å². The summed E-state index contributed by atoms with van der Waals surface area (Å²) in [5.41, 5.74) is 10.9. The van der Waals surface area contributed by atoms with Crippen molar-refractivity contribution in [1.82, 2.24) is 9.97 Å². The molecule has 10 rings (SSSR count). The first kappa shape index (κ1) is 29.1. The molecule has 2 heterocycles. The van der Waals surface area contributed by atoms with E-state index in [9.17, 15) is 0 Å². The van der Waals surface area contributed by atoms with E-state index in [1.165, 1.54) is 21.7 Å². The minimum Gasteiger partial charge on any atom is -0.455 e. The fraction of sp³-hybridized carbons (Fsp3) is 0. The van der Waals surface area contributed by atoms with Gasteiger partial charge in [-0.15, -0.1) is 0 Å². The second kappa shape index (κ2) is 11.9. The average molecular weight is 651 g/mol. The van der Waals surface area contributed by atoms with E-state index < -0.39 is 0 Å². The molecule has 8 aromatic carbocycles. The molecule has 0 N–H and O–H groups in total. The molecule has 10 aromatic rings. The van der Waals surface area contributed by atoms with Gasteiger partial charge in [0, 0.05) is 33.0 Å². The highest BCUT2D eigenvalue weighted by Gasteiger charge is 2.17. The minimum atomic E-state index is 0.689. The Bertz CT molecular complexity index is 2920. The number of para-hydroxylation sites is 2. The highest BCUT2D eigenvalue weighted by atomic mass is 16.3. The van der Waals surface area contributed by atoms with Crippen molar-refractivity contribution in [3.63, 3.8) is 0 Å². The summed E-state index contributed by atoms with van der Waals surface area (Å²) in [5, 5.41) is 6.97. The van der Waals surface area contributed by atoms with Gasteiger partial charge in [0.05, 0.1) is 11.4 Å². The minimum absolute atomic E-state index is 0.689. The molecule has 0 atom stereocenters. The molecule has 0 aliphatic heterocycles. The average Bonchev–Trinajstić information content (AvgIpc) is 3.59. The standard InChI is InChI=1S/C48H30N2O/c1-2-14-33(15-3-1)44-30-45(50-48(49-44)35-25-24-31-12-4-5-16-34(31)26-35)38-28-36(40-20-10-17-32-13-6-7-18-39(32)40)27-37(29-38)41-21-11-22-43-42-19-8-9-23-46(42)51-47(41)43/h1-30H. The Labute approximate surface area is 295 Å². The molecule has 2 aromatic heterocycles. The van der Waals surface area contributed by atoms with Crippen molar-refractivity contribution in [2.24, 2.45) is 0 Å². The van der Waals surface area contributed by atoms with Crippen molar-refractivity contribution < 1.29 is 4.42 Å². The van der Waals surface area contributed by atoms with E-state index in [0.717, 1.165) is 72.1 Å². The molecule has 0 spiro atoms. The summed E-state index contributed by atoms with van der Waals surface area (Å²) in [4.78, 5) is 10.4. The largest absolute Gasteiger partial charge is 0.455 e. The quantitative estimate of drug-likeness (QED) is 0.186. The Morgan fingerprint density at radius 1 is 0.333 bits per heavy atom. The smallest absolute Gasteiger partial charge is 0.160 e. The third-order valence-corrected chi connectivity index (χ3v) is 9.85. The van der Waals surface area contributed by atoms with Crippen LogP contribution in [-0.4, -0.2) is 9.97 Å². The Morgan fingerprint density at radius 3 is 1.80 bits per heavy atom. The molecule has 0 bridgehead atoms. The van der Waals surface area contributed by atoms with E-state index >= 15 is 0 Å². The summed E-state index contributed by atoms with van der Waals surface area (Å²) in [6, 6.07) is 63.9. The van der Waals surface area contributed by atoms with Gasteiger partial charge in [-0.25, -0.2) is 9.97 Å². The fourth-order valence-corrected chi connectivity index (χ4v) is 7.35. The fourth-order valence-electron chi connectivity index (χ4n) is 7.35. The highest BCUT2D eigenvalue weighted by Crippen LogP contribution is 2.41. The second-order valence-electron chi connectivity index (χ2n) is 13.0. The first-order valence-electron chi connectivity index (χ1n) is 17.2. The van der Waals surface area contributed by atoms with Gasteiger partial charge >= 0.3 is 0 Å². The van der Waals surface area contributed by atoms with E-state index in [1.54, 1.807) is 0 Å². The van der Waals surface area contributed by atoms with Gasteiger partial charge in [-0.3, -0.25) is 0 Å². The highest BCUT2D eigenvalue weighted by molar-refractivity contribution is 6.10. The molecule has 3 heteroatoms. The summed E-state index contributed by atoms with van der Waals surface area (Å²) in [7, 11) is 0. The molecular weight excluding hydrogens is 621 g/mol. The normalized spacial score (nSPS) is 11.5. The van der Waals surface area contributed by atoms with Crippen LogP contribution in [-0.2, 0) is 0 Å². The van der Waals surface area contributed by atoms with Crippen LogP contribution in [0.4, 0.5) is 0 Å². The number of benzene rings is 8. The van der Waals surface area contributed by atoms with Crippen molar-refractivity contribution >= 4 is 43.5 Å². The zero-order valence-corrected chi connectivity index (χ0v) is 27.6. The lowest BCUT2D eigenvalue weighted by molar-refractivity contribution is 0.670. The van der Waals surface area contributed by atoms with E-state index in [4.69, 9.17) is 14.4 Å². The molecule has 3 nitrogen and oxygen atoms in total. The van der Waals surface area contributed by atoms with Gasteiger partial charge in [0.15, 0.2) is 5.82 Å². The molecule has 0 aliphatic rings. The van der Waals surface area contributed by atoms with E-state index in [1.807, 2.05) is 18.2 Å². The number of hydrogen-bond donors (Lipinski definition) is 0. The zero-order valence-electron chi connectivity index (χ0n) is 27.6. The van der Waals surface area contributed by atoms with Gasteiger partial charge < -0.3 is 4.42 Å². The first-order chi connectivity index (χ1) is 25.2. The predicted molar refractivity (Wildman–Crippen MR) is 212 cm³/mol. The molecule has 0 fully saturated rings. The third-order valence-electron chi connectivity index (χ3n) is 9.85. The Balaban J connectivity index is 1.24. The van der Waals surface area contributed by atoms with Crippen LogP contribution in [0.3, 0.4) is 0 Å². The molecule has 0 aliphatic carbocycles. The first-order valence-corrected chi connectivity index (χ1v) is 17.2. The van der Waals surface area contributed by atoms with Crippen molar-refractivity contribution in [1.29, 1.82) is 0 Å². The molecular formula is C48H30N2O. The lowest BCUT2D eigenvalue weighted by atomic mass is 9.91. The summed E-state index contributed by atoms with van der Waals surface area (Å²) in [6.07, 6.45) is 0. The summed E-state index contributed by atoms with van der Waals surface area (Å²) in [6.45, 7) is 0. The predicted octanol–water partition coefficient (Wildman–Crippen LogP) is 13.0. The molecule has 0 saturated heterocycles. The van der Waals surface area contributed by atoms with E-state index in [0.29, 0.717) is 5.82 Å². The SMILES string of the molecule is c1ccc(-c2cc(-c3cc(-c4cccc5ccccc45)cc(-c4cccc5c4oc4ccccc45)c3)nc(-c3ccc4ccccc4c3)n2)cc1. The van der Waals surface area contributed by atoms with Gasteiger partial charge in [0.1, 0.15) is 11.2 Å². The number of aromatic nitrogens is 2. The van der Waals surface area contributed by atoms with Crippen LogP contribution in [0.2, 0.25) is 0 Å². The van der Waals surface area contributed by atoms with E-state index in [2.05, 4.69) is 164 Å². The van der Waals surface area contributed by atoms with Crippen molar-refractivity contribution in [2.45, 2.75) is 0 Å². The number of furan rings is 1. The van der Waals surface area contributed by atoms with Gasteiger partial charge in [-0.05, 0) is 74.6 Å². The lowest BCUT2D eigenvalue weighted by Crippen LogP contribution is -1.97. The van der Waals surface area contributed by atoms with Crippen LogP contribution in [0, 0.1) is 0 Å². The van der Waals surface area contributed by atoms with Gasteiger partial charge in [0.25, 0.3) is 0 Å². The van der Waals surface area contributed by atoms with Crippen LogP contribution < -0.4 is 0 Å². The van der Waals surface area contributed by atoms with Crippen molar-refractivity contribution in [3.05, 3.63) is 182 Å². The maximum atomic E-state index is 6.56. The van der Waals surface area contributed by atoms with E-state index in [-0.39, 0.29) is 0 Å². The monoisotopic (exact) mass is 650 g/mol. The topological polar surface area (TPSA) is 38.9 Å². The number of fused-ring (bicyclic) bond motifs is 5. The third kappa shape index (κ3) is 5.15. The van der Waals surface area contributed by atoms with Gasteiger partial charge in [-0.2, -0.15) is 0 Å². The molecule has 0 amide bonds. The van der Waals surface area contributed by atoms with Crippen LogP contribution in [0.5, 0.6) is 0 Å². The van der Waals surface area contributed by atoms with Gasteiger partial charge in [-0.1, -0.05) is 146 Å². The van der Waals surface area contributed by atoms with Gasteiger partial charge in [0.2, 0.25) is 0 Å². The summed E-state index contributed by atoms with van der Waals surface area (Å²) in [5.74, 6) is 0.689. The lowest BCUT2D eigenvalue weighted by Gasteiger charge is -2.14. The Morgan fingerprint density at radius 2 is 0.941 bits per heavy atom.